The van der Waals surface area contributed by atoms with E-state index >= 15 is 0 Å². The van der Waals surface area contributed by atoms with Gasteiger partial charge in [0, 0.05) is 12.5 Å². The van der Waals surface area contributed by atoms with Gasteiger partial charge in [-0.25, -0.2) is 4.79 Å². The molecule has 1 heterocycles. The molecule has 1 aliphatic rings. The summed E-state index contributed by atoms with van der Waals surface area (Å²) in [6, 6.07) is 0.863. The number of carboxylic acid groups (broad SMARTS) is 1. The lowest BCUT2D eigenvalue weighted by Crippen LogP contribution is -2.66. The average Bonchev–Trinajstić information content (AvgIpc) is 2.39. The van der Waals surface area contributed by atoms with E-state index < -0.39 is 55.2 Å². The Balaban J connectivity index is 3.04. The van der Waals surface area contributed by atoms with Gasteiger partial charge in [-0.05, 0) is 0 Å². The lowest BCUT2D eigenvalue weighted by atomic mass is 9.89. The van der Waals surface area contributed by atoms with E-state index in [0.29, 0.717) is 0 Å². The number of aliphatic hydroxyl groups is 5. The van der Waals surface area contributed by atoms with Gasteiger partial charge in [-0.2, -0.15) is 0 Å². The first-order chi connectivity index (χ1) is 9.26. The Hall–Kier alpha value is -1.41. The van der Waals surface area contributed by atoms with Crippen LogP contribution in [0.5, 0.6) is 0 Å². The van der Waals surface area contributed by atoms with Crippen LogP contribution in [-0.2, 0) is 9.53 Å². The Bertz CT molecular complexity index is 396. The van der Waals surface area contributed by atoms with Gasteiger partial charge in [0.15, 0.2) is 0 Å². The molecule has 9 heteroatoms. The molecule has 6 atom stereocenters. The number of terminal acetylenes is 1. The molecule has 0 aliphatic carbocycles. The molecule has 0 amide bonds. The van der Waals surface area contributed by atoms with E-state index in [4.69, 9.17) is 21.4 Å². The zero-order valence-electron chi connectivity index (χ0n) is 10.4. The van der Waals surface area contributed by atoms with Crippen molar-refractivity contribution in [2.24, 2.45) is 0 Å². The van der Waals surface area contributed by atoms with Gasteiger partial charge in [-0.1, -0.05) is 6.42 Å². The zero-order valence-corrected chi connectivity index (χ0v) is 10.4. The fourth-order valence-corrected chi connectivity index (χ4v) is 2.00. The summed E-state index contributed by atoms with van der Waals surface area (Å²) in [4.78, 5) is 11.0. The van der Waals surface area contributed by atoms with Gasteiger partial charge >= 0.3 is 5.97 Å². The van der Waals surface area contributed by atoms with Crippen LogP contribution in [-0.4, -0.2) is 79.5 Å². The van der Waals surface area contributed by atoms with Crippen LogP contribution in [0.4, 0.5) is 0 Å². The summed E-state index contributed by atoms with van der Waals surface area (Å²) in [6.45, 7) is -0.828. The molecule has 0 bridgehead atoms. The van der Waals surface area contributed by atoms with Gasteiger partial charge in [0.2, 0.25) is 0 Å². The molecule has 1 saturated heterocycles. The second-order valence-electron chi connectivity index (χ2n) is 4.50. The molecule has 0 saturated carbocycles. The number of carboxylic acids is 1. The number of carbonyl (C=O) groups is 1. The predicted octanol–water partition coefficient (Wildman–Crippen LogP) is -3.83. The topological polar surface area (TPSA) is 160 Å². The van der Waals surface area contributed by atoms with E-state index in [1.54, 1.807) is 0 Å². The predicted molar refractivity (Wildman–Crippen MR) is 62.9 cm³/mol. The van der Waals surface area contributed by atoms with Gasteiger partial charge in [0.1, 0.15) is 18.3 Å². The molecule has 0 radical (unpaired) electrons. The van der Waals surface area contributed by atoms with Crippen LogP contribution in [0.2, 0.25) is 0 Å². The Kier molecular flexibility index (Phi) is 5.29. The van der Waals surface area contributed by atoms with Crippen molar-refractivity contribution in [1.82, 2.24) is 5.32 Å². The zero-order chi connectivity index (χ0) is 15.5. The average molecular weight is 291 g/mol. The molecule has 1 fully saturated rings. The van der Waals surface area contributed by atoms with Crippen LogP contribution < -0.4 is 5.32 Å². The fourth-order valence-electron chi connectivity index (χ4n) is 2.00. The Morgan fingerprint density at radius 2 is 2.15 bits per heavy atom. The lowest BCUT2D eigenvalue weighted by molar-refractivity contribution is -0.294. The lowest BCUT2D eigenvalue weighted by Gasteiger charge is -2.44. The molecule has 1 aliphatic heterocycles. The second kappa shape index (κ2) is 6.36. The number of aliphatic hydroxyl groups excluding tert-OH is 4. The summed E-state index contributed by atoms with van der Waals surface area (Å²) in [5.41, 5.74) is 0. The quantitative estimate of drug-likeness (QED) is 0.199. The maximum Gasteiger partial charge on any atom is 0.364 e. The van der Waals surface area contributed by atoms with Gasteiger partial charge in [0.25, 0.3) is 5.79 Å². The van der Waals surface area contributed by atoms with E-state index in [9.17, 15) is 25.2 Å². The van der Waals surface area contributed by atoms with Crippen molar-refractivity contribution in [3.05, 3.63) is 0 Å². The van der Waals surface area contributed by atoms with E-state index in [2.05, 4.69) is 5.32 Å². The number of aliphatic carboxylic acids is 1. The van der Waals surface area contributed by atoms with Crippen LogP contribution in [0.25, 0.3) is 0 Å². The third kappa shape index (κ3) is 3.18. The Morgan fingerprint density at radius 1 is 1.55 bits per heavy atom. The van der Waals surface area contributed by atoms with Crippen LogP contribution >= 0.6 is 0 Å². The van der Waals surface area contributed by atoms with Crippen molar-refractivity contribution in [3.63, 3.8) is 0 Å². The van der Waals surface area contributed by atoms with Gasteiger partial charge in [-0.15, -0.1) is 0 Å². The molecular formula is C11H17NO8. The standard InChI is InChI=1S/C11H17NO8/c1-2-12-7-5(14)3-11(19,10(17)18)20-9(7)8(16)6(15)4-13/h1,5-9,12-16,19H,3-4H2,(H,17,18)/t5-,6+,7+,8+,9+,11?/m0/s1. The van der Waals surface area contributed by atoms with Crippen LogP contribution in [0.3, 0.4) is 0 Å². The van der Waals surface area contributed by atoms with Gasteiger partial charge in [0.05, 0.1) is 18.8 Å². The molecule has 114 valence electrons. The number of rotatable bonds is 5. The Labute approximate surface area is 114 Å². The van der Waals surface area contributed by atoms with Gasteiger partial charge < -0.3 is 40.7 Å². The van der Waals surface area contributed by atoms with Crippen molar-refractivity contribution in [2.45, 2.75) is 42.7 Å². The maximum absolute atomic E-state index is 11.0. The van der Waals surface area contributed by atoms with Crippen LogP contribution in [0.1, 0.15) is 6.42 Å². The SMILES string of the molecule is C#CN[C@H]1[C@H]([C@H](O)[C@H](O)CO)OC(O)(C(=O)O)C[C@@H]1O. The molecule has 0 aromatic rings. The molecule has 1 rings (SSSR count). The molecule has 0 spiro atoms. The smallest absolute Gasteiger partial charge is 0.364 e. The molecule has 1 unspecified atom stereocenters. The minimum absolute atomic E-state index is 0.680. The normalized spacial score (nSPS) is 36.7. The number of hydrogen-bond donors (Lipinski definition) is 7. The Morgan fingerprint density at radius 3 is 2.60 bits per heavy atom. The van der Waals surface area contributed by atoms with Crippen molar-refractivity contribution < 1.29 is 40.2 Å². The third-order valence-electron chi connectivity index (χ3n) is 3.09. The summed E-state index contributed by atoms with van der Waals surface area (Å²) in [5.74, 6) is -4.49. The number of hydrogen-bond acceptors (Lipinski definition) is 8. The summed E-state index contributed by atoms with van der Waals surface area (Å²) in [5, 5.41) is 58.8. The van der Waals surface area contributed by atoms with E-state index in [1.165, 1.54) is 0 Å². The first-order valence-corrected chi connectivity index (χ1v) is 5.76. The fraction of sp³-hybridized carbons (Fsp3) is 0.727. The summed E-state index contributed by atoms with van der Waals surface area (Å²) < 4.78 is 4.87. The first kappa shape index (κ1) is 16.6. The molecule has 0 aromatic carbocycles. The maximum atomic E-state index is 11.0. The van der Waals surface area contributed by atoms with Crippen LogP contribution in [0.15, 0.2) is 0 Å². The highest BCUT2D eigenvalue weighted by atomic mass is 16.7. The highest BCUT2D eigenvalue weighted by molar-refractivity contribution is 5.75. The molecular weight excluding hydrogens is 274 g/mol. The molecule has 20 heavy (non-hydrogen) atoms. The summed E-state index contributed by atoms with van der Waals surface area (Å²) in [6.07, 6.45) is -2.09. The monoisotopic (exact) mass is 291 g/mol. The van der Waals surface area contributed by atoms with Crippen molar-refractivity contribution >= 4 is 5.97 Å². The molecule has 0 aromatic heterocycles. The van der Waals surface area contributed by atoms with E-state index in [0.717, 1.165) is 0 Å². The largest absolute Gasteiger partial charge is 0.477 e. The van der Waals surface area contributed by atoms with E-state index in [1.807, 2.05) is 6.04 Å². The highest BCUT2D eigenvalue weighted by Gasteiger charge is 2.53. The second-order valence-corrected chi connectivity index (χ2v) is 4.50. The minimum atomic E-state index is -2.73. The van der Waals surface area contributed by atoms with Crippen molar-refractivity contribution in [2.75, 3.05) is 6.61 Å². The summed E-state index contributed by atoms with van der Waals surface area (Å²) >= 11 is 0. The van der Waals surface area contributed by atoms with Crippen molar-refractivity contribution in [1.29, 1.82) is 0 Å². The number of nitrogens with one attached hydrogen (secondary N) is 1. The van der Waals surface area contributed by atoms with Gasteiger partial charge in [-0.3, -0.25) is 0 Å². The highest BCUT2D eigenvalue weighted by Crippen LogP contribution is 2.30. The van der Waals surface area contributed by atoms with Crippen LogP contribution in [0, 0.1) is 12.5 Å². The van der Waals surface area contributed by atoms with Crippen molar-refractivity contribution in [3.8, 4) is 12.5 Å². The molecule has 9 nitrogen and oxygen atoms in total. The molecule has 7 N–H and O–H groups in total. The first-order valence-electron chi connectivity index (χ1n) is 5.76. The number of ether oxygens (including phenoxy) is 1. The van der Waals surface area contributed by atoms with E-state index in [-0.39, 0.29) is 0 Å². The minimum Gasteiger partial charge on any atom is -0.477 e. The summed E-state index contributed by atoms with van der Waals surface area (Å²) in [7, 11) is 0. The third-order valence-corrected chi connectivity index (χ3v) is 3.09.